The van der Waals surface area contributed by atoms with Crippen molar-refractivity contribution in [1.82, 2.24) is 19.5 Å². The van der Waals surface area contributed by atoms with Crippen molar-refractivity contribution in [3.05, 3.63) is 361 Å². The van der Waals surface area contributed by atoms with Crippen molar-refractivity contribution < 1.29 is 0 Å². The van der Waals surface area contributed by atoms with E-state index in [1.807, 2.05) is 60.7 Å². The van der Waals surface area contributed by atoms with Crippen LogP contribution in [0.5, 0.6) is 0 Å². The molecule has 109 heavy (non-hydrogen) atoms. The molecule has 0 atom stereocenters. The highest BCUT2D eigenvalue weighted by atomic mass is 15.0. The molecule has 0 saturated heterocycles. The van der Waals surface area contributed by atoms with Gasteiger partial charge in [0.05, 0.1) is 5.52 Å². The van der Waals surface area contributed by atoms with Gasteiger partial charge in [-0.1, -0.05) is 422 Å². The number of aromatic nitrogens is 4. The SMILES string of the molecule is CC(C)(C)c1cc2ccccc2c2ccccc12.CC(C)(C)c1cc2ccccc2n1-c1ccccc1.CC(C)(C)c1ccc2c(ccc3ccccc32)c1.CC(C)(C)c1ccc2ccc3ccccc3c2c1.CC(C)(C)c1cccc2ccccc12.CC(C)(C)c1nc(-c2ccccc2)nc(-c2ccccc2)n1. The average molecular weight is 1430 g/mol. The van der Waals surface area contributed by atoms with Gasteiger partial charge in [-0.2, -0.15) is 0 Å². The zero-order valence-corrected chi connectivity index (χ0v) is 67.5. The number of para-hydroxylation sites is 2. The standard InChI is InChI=1S/C19H19N3.C18H19N.3C18H18.C14H16/c1-19(2,3)18-21-16(14-10-6-4-7-11-14)20-17(22-18)15-12-8-5-9-13-15;1-18(2,3)17-13-14-9-7-8-12-16(14)19(17)15-10-5-4-6-11-15;1-18(2,3)17-12-13-8-4-5-9-14(13)15-10-6-7-11-16(15)17;1-18(2,3)15-10-11-17-14(12-15)9-8-13-6-4-5-7-16(13)17;1-18(2,3)15-11-10-14-9-8-13-6-4-5-7-16(13)17(14)12-15;1-14(2,3)13-10-6-8-11-7-4-5-9-12(11)13/h4-13H,1-3H3;4-13H,1-3H3;3*4-12H,1-3H3;4-10H,1-3H3. The molecule has 4 nitrogen and oxygen atoms in total. The van der Waals surface area contributed by atoms with Crippen LogP contribution < -0.4 is 0 Å². The van der Waals surface area contributed by atoms with E-state index in [1.165, 1.54) is 120 Å². The van der Waals surface area contributed by atoms with Gasteiger partial charge in [-0.25, -0.2) is 15.0 Å². The molecule has 548 valence electrons. The summed E-state index contributed by atoms with van der Waals surface area (Å²) in [5.41, 5.74) is 12.3. The Bertz CT molecular complexity index is 5890. The Balaban J connectivity index is 0.000000122. The summed E-state index contributed by atoms with van der Waals surface area (Å²) >= 11 is 0. The molecule has 17 rings (SSSR count). The molecule has 17 aromatic rings. The maximum absolute atomic E-state index is 4.68. The zero-order chi connectivity index (χ0) is 77.5. The van der Waals surface area contributed by atoms with Gasteiger partial charge in [0.1, 0.15) is 5.82 Å². The van der Waals surface area contributed by atoms with Crippen molar-refractivity contribution in [2.24, 2.45) is 0 Å². The fourth-order valence-electron chi connectivity index (χ4n) is 14.2. The monoisotopic (exact) mass is 1420 g/mol. The van der Waals surface area contributed by atoms with Gasteiger partial charge >= 0.3 is 0 Å². The minimum absolute atomic E-state index is 0.120. The quantitative estimate of drug-likeness (QED) is 0.166. The Morgan fingerprint density at radius 3 is 1.09 bits per heavy atom. The highest BCUT2D eigenvalue weighted by molar-refractivity contribution is 6.10. The maximum Gasteiger partial charge on any atom is 0.163 e. The van der Waals surface area contributed by atoms with Crippen molar-refractivity contribution in [3.63, 3.8) is 0 Å². The molecule has 0 spiro atoms. The summed E-state index contributed by atoms with van der Waals surface area (Å²) in [6.45, 7) is 40.3. The smallest absolute Gasteiger partial charge is 0.163 e. The van der Waals surface area contributed by atoms with Gasteiger partial charge in [-0.15, -0.1) is 0 Å². The largest absolute Gasteiger partial charge is 0.313 e. The predicted molar refractivity (Wildman–Crippen MR) is 474 cm³/mol. The molecule has 0 amide bonds. The Morgan fingerprint density at radius 1 is 0.211 bits per heavy atom. The van der Waals surface area contributed by atoms with E-state index in [9.17, 15) is 0 Å². The van der Waals surface area contributed by atoms with Gasteiger partial charge in [0, 0.05) is 38.7 Å². The van der Waals surface area contributed by atoms with E-state index in [0.717, 1.165) is 28.6 Å². The second-order valence-electron chi connectivity index (χ2n) is 35.0. The minimum atomic E-state index is -0.129. The van der Waals surface area contributed by atoms with E-state index >= 15 is 0 Å². The lowest BCUT2D eigenvalue weighted by molar-refractivity contribution is 0.543. The Morgan fingerprint density at radius 2 is 0.578 bits per heavy atom. The highest BCUT2D eigenvalue weighted by Gasteiger charge is 2.25. The van der Waals surface area contributed by atoms with E-state index in [1.54, 1.807) is 0 Å². The first kappa shape index (κ1) is 77.3. The summed E-state index contributed by atoms with van der Waals surface area (Å²) in [5, 5.41) is 20.1. The minimum Gasteiger partial charge on any atom is -0.313 e. The predicted octanol–water partition coefficient (Wildman–Crippen LogP) is 29.4. The van der Waals surface area contributed by atoms with Crippen LogP contribution in [-0.4, -0.2) is 19.5 Å². The topological polar surface area (TPSA) is 43.6 Å². The summed E-state index contributed by atoms with van der Waals surface area (Å²) < 4.78 is 2.37. The van der Waals surface area contributed by atoms with E-state index in [-0.39, 0.29) is 32.5 Å². The summed E-state index contributed by atoms with van der Waals surface area (Å²) in [5.74, 6) is 2.25. The second-order valence-corrected chi connectivity index (χ2v) is 35.0. The molecule has 0 N–H and O–H groups in total. The number of hydrogen-bond acceptors (Lipinski definition) is 3. The first-order valence-corrected chi connectivity index (χ1v) is 38.7. The van der Waals surface area contributed by atoms with Gasteiger partial charge < -0.3 is 4.57 Å². The molecule has 4 heteroatoms. The van der Waals surface area contributed by atoms with E-state index in [4.69, 9.17) is 0 Å². The molecule has 0 saturated carbocycles. The van der Waals surface area contributed by atoms with Crippen molar-refractivity contribution in [1.29, 1.82) is 0 Å². The van der Waals surface area contributed by atoms with Crippen LogP contribution in [-0.2, 0) is 32.5 Å². The summed E-state index contributed by atoms with van der Waals surface area (Å²) in [4.78, 5) is 14.0. The number of nitrogens with zero attached hydrogens (tertiary/aromatic N) is 4. The molecule has 0 radical (unpaired) electrons. The zero-order valence-electron chi connectivity index (χ0n) is 67.5. The third-order valence-corrected chi connectivity index (χ3v) is 20.3. The van der Waals surface area contributed by atoms with E-state index in [0.29, 0.717) is 0 Å². The van der Waals surface area contributed by atoms with Crippen LogP contribution in [0.2, 0.25) is 0 Å². The fourth-order valence-corrected chi connectivity index (χ4v) is 14.2. The van der Waals surface area contributed by atoms with Crippen molar-refractivity contribution in [2.45, 2.75) is 157 Å². The van der Waals surface area contributed by atoms with Crippen molar-refractivity contribution in [3.8, 4) is 28.5 Å². The van der Waals surface area contributed by atoms with E-state index < -0.39 is 0 Å². The molecule has 0 aliphatic heterocycles. The summed E-state index contributed by atoms with van der Waals surface area (Å²) in [6, 6.07) is 116. The summed E-state index contributed by atoms with van der Waals surface area (Å²) in [6.07, 6.45) is 0. The first-order valence-electron chi connectivity index (χ1n) is 38.7. The lowest BCUT2D eigenvalue weighted by atomic mass is 9.82. The Hall–Kier alpha value is -11.3. The van der Waals surface area contributed by atoms with Crippen LogP contribution in [0.15, 0.2) is 328 Å². The van der Waals surface area contributed by atoms with Gasteiger partial charge in [0.25, 0.3) is 0 Å². The fraction of sp³-hybridized carbons (Fsp3) is 0.229. The summed E-state index contributed by atoms with van der Waals surface area (Å²) in [7, 11) is 0. The van der Waals surface area contributed by atoms with Gasteiger partial charge in [0.2, 0.25) is 0 Å². The average Bonchev–Trinajstić information content (AvgIpc) is 1.56. The molecule has 0 unspecified atom stereocenters. The van der Waals surface area contributed by atoms with Crippen LogP contribution in [0.25, 0.3) is 115 Å². The Labute approximate surface area is 648 Å². The van der Waals surface area contributed by atoms with Gasteiger partial charge in [0.15, 0.2) is 11.6 Å². The second kappa shape index (κ2) is 32.2. The molecule has 0 aliphatic carbocycles. The third kappa shape index (κ3) is 18.5. The molecular weight excluding hydrogens is 1320 g/mol. The van der Waals surface area contributed by atoms with Gasteiger partial charge in [-0.3, -0.25) is 0 Å². The third-order valence-electron chi connectivity index (χ3n) is 20.3. The molecule has 15 aromatic carbocycles. The number of hydrogen-bond donors (Lipinski definition) is 0. The van der Waals surface area contributed by atoms with Crippen LogP contribution >= 0.6 is 0 Å². The number of rotatable bonds is 3. The molecule has 0 fully saturated rings. The lowest BCUT2D eigenvalue weighted by Crippen LogP contribution is -2.18. The molecule has 2 aromatic heterocycles. The lowest BCUT2D eigenvalue weighted by Gasteiger charge is -2.22. The normalized spacial score (nSPS) is 11.9. The van der Waals surface area contributed by atoms with Crippen LogP contribution in [0.4, 0.5) is 0 Å². The molecule has 0 aliphatic rings. The maximum atomic E-state index is 4.68. The Kier molecular flexibility index (Phi) is 22.9. The molecular formula is C105H108N4. The highest BCUT2D eigenvalue weighted by Crippen LogP contribution is 2.38. The van der Waals surface area contributed by atoms with Crippen molar-refractivity contribution in [2.75, 3.05) is 0 Å². The van der Waals surface area contributed by atoms with Crippen LogP contribution in [0.3, 0.4) is 0 Å². The first-order chi connectivity index (χ1) is 51.9. The number of fused-ring (bicyclic) bond motifs is 11. The van der Waals surface area contributed by atoms with Crippen molar-refractivity contribution >= 4 is 86.3 Å². The number of benzene rings is 15. The van der Waals surface area contributed by atoms with Gasteiger partial charge in [-0.05, 0) is 150 Å². The molecule has 0 bridgehead atoms. The van der Waals surface area contributed by atoms with E-state index in [2.05, 4.69) is 411 Å². The van der Waals surface area contributed by atoms with Crippen LogP contribution in [0, 0.1) is 0 Å². The molecule has 2 heterocycles. The van der Waals surface area contributed by atoms with Crippen LogP contribution in [0.1, 0.15) is 158 Å².